The van der Waals surface area contributed by atoms with Crippen molar-refractivity contribution in [2.75, 3.05) is 0 Å². The van der Waals surface area contributed by atoms with Crippen molar-refractivity contribution in [2.24, 2.45) is 0 Å². The number of aliphatic hydroxyl groups is 1. The van der Waals surface area contributed by atoms with Crippen LogP contribution in [0, 0.1) is 0 Å². The molecule has 0 bridgehead atoms. The number of carbonyl (C=O) groups is 2. The molecule has 0 amide bonds. The van der Waals surface area contributed by atoms with Crippen LogP contribution in [0.1, 0.15) is 6.92 Å². The van der Waals surface area contributed by atoms with E-state index in [1.165, 1.54) is 0 Å². The van der Waals surface area contributed by atoms with Gasteiger partial charge in [0.05, 0.1) is 11.9 Å². The Morgan fingerprint density at radius 2 is 1.42 bits per heavy atom. The van der Waals surface area contributed by atoms with Crippen molar-refractivity contribution in [1.82, 2.24) is 0 Å². The number of benzene rings is 1. The van der Waals surface area contributed by atoms with E-state index in [2.05, 4.69) is 0 Å². The van der Waals surface area contributed by atoms with Crippen molar-refractivity contribution in [2.45, 2.75) is 13.2 Å². The quantitative estimate of drug-likeness (QED) is 0.333. The molecule has 0 aliphatic carbocycles. The number of rotatable bonds is 4. The average Bonchev–Trinajstić information content (AvgIpc) is 2.37. The van der Waals surface area contributed by atoms with Crippen molar-refractivity contribution < 1.29 is 80.3 Å². The molecule has 1 atom stereocenters. The minimum atomic E-state index is -3.67. The van der Waals surface area contributed by atoms with E-state index in [1.54, 1.807) is 19.1 Å². The van der Waals surface area contributed by atoms with Gasteiger partial charge in [0.15, 0.2) is 6.29 Å². The summed E-state index contributed by atoms with van der Waals surface area (Å²) < 4.78 is 34.0. The molecule has 0 aromatic heterocycles. The van der Waals surface area contributed by atoms with Gasteiger partial charge in [-0.3, -0.25) is 12.9 Å². The van der Waals surface area contributed by atoms with Gasteiger partial charge in [0.1, 0.15) is 5.75 Å². The third-order valence-electron chi connectivity index (χ3n) is 1.41. The van der Waals surface area contributed by atoms with Gasteiger partial charge in [-0.25, -0.2) is 0 Å². The van der Waals surface area contributed by atoms with Crippen molar-refractivity contribution in [3.8, 4) is 5.75 Å². The van der Waals surface area contributed by atoms with Crippen LogP contribution >= 0.6 is 0 Å². The molecule has 1 aromatic carbocycles. The second-order valence-corrected chi connectivity index (χ2v) is 3.25. The Bertz CT molecular complexity index is 445. The van der Waals surface area contributed by atoms with E-state index < -0.39 is 25.8 Å². The maximum Gasteiger partial charge on any atom is 1.00 e. The smallest absolute Gasteiger partial charge is 0.545 e. The molecule has 0 aliphatic rings. The summed E-state index contributed by atoms with van der Waals surface area (Å²) in [5.41, 5.74) is 0. The molecule has 1 aromatic rings. The maximum atomic E-state index is 9.67. The van der Waals surface area contributed by atoms with Gasteiger partial charge >= 0.3 is 45.3 Å². The third-order valence-corrected chi connectivity index (χ3v) is 1.41. The van der Waals surface area contributed by atoms with E-state index in [4.69, 9.17) is 9.84 Å². The van der Waals surface area contributed by atoms with Crippen LogP contribution < -0.4 is 52.7 Å². The molecule has 122 valence electrons. The van der Waals surface area contributed by atoms with Crippen LogP contribution in [0.3, 0.4) is 0 Å². The molecule has 12 heteroatoms. The number of carboxylic acids is 2. The molecule has 0 saturated heterocycles. The van der Waals surface area contributed by atoms with Crippen LogP contribution in [0.2, 0.25) is 0 Å². The molecule has 0 heterocycles. The van der Waals surface area contributed by atoms with E-state index in [-0.39, 0.29) is 37.7 Å². The number of ether oxygens (including phenoxy) is 1. The zero-order chi connectivity index (χ0) is 17.5. The van der Waals surface area contributed by atoms with Gasteiger partial charge in [-0.1, -0.05) is 18.2 Å². The first-order valence-corrected chi connectivity index (χ1v) is 5.57. The Morgan fingerprint density at radius 1 is 1.08 bits per heavy atom. The van der Waals surface area contributed by atoms with E-state index in [0.717, 1.165) is 0 Å². The number of hydrogen-bond donors (Lipinski definition) is 1. The topological polar surface area (TPSA) is 110 Å². The number of halogens is 3. The Balaban J connectivity index is -0.000000130. The zero-order valence-electron chi connectivity index (χ0n) is 13.3. The fourth-order valence-corrected chi connectivity index (χ4v) is 0.832. The number of hydrogen-bond acceptors (Lipinski definition) is 6. The first-order valence-electron chi connectivity index (χ1n) is 5.57. The van der Waals surface area contributed by atoms with Crippen molar-refractivity contribution in [3.05, 3.63) is 42.5 Å². The van der Waals surface area contributed by atoms with Crippen molar-refractivity contribution in [3.63, 3.8) is 0 Å². The van der Waals surface area contributed by atoms with E-state index in [9.17, 15) is 32.7 Å². The Kier molecular flexibility index (Phi) is 25.2. The second kappa shape index (κ2) is 19.8. The van der Waals surface area contributed by atoms with Gasteiger partial charge < -0.3 is 29.6 Å². The van der Waals surface area contributed by atoms with E-state index >= 15 is 0 Å². The summed E-state index contributed by atoms with van der Waals surface area (Å²) in [6, 6.07) is 9.21. The number of carbonyl (C=O) groups excluding carboxylic acids is 2. The average molecular weight is 334 g/mol. The van der Waals surface area contributed by atoms with E-state index in [0.29, 0.717) is 17.9 Å². The first-order chi connectivity index (χ1) is 10.1. The molecular formula is C12H12BF3Li2O6. The van der Waals surface area contributed by atoms with Crippen molar-refractivity contribution in [1.29, 1.82) is 0 Å². The Hall–Kier alpha value is -1.29. The molecule has 6 nitrogen and oxygen atoms in total. The number of para-hydroxylation sites is 1. The van der Waals surface area contributed by atoms with Gasteiger partial charge in [-0.05, 0) is 31.2 Å². The van der Waals surface area contributed by atoms with Crippen LogP contribution in [0.25, 0.3) is 0 Å². The summed E-state index contributed by atoms with van der Waals surface area (Å²) in [6.45, 7) is 1.58. The summed E-state index contributed by atoms with van der Waals surface area (Å²) in [4.78, 5) is 18.8. The van der Waals surface area contributed by atoms with Crippen LogP contribution in [-0.4, -0.2) is 30.9 Å². The molecular weight excluding hydrogens is 322 g/mol. The summed E-state index contributed by atoms with van der Waals surface area (Å²) in [5, 5.41) is 27.6. The van der Waals surface area contributed by atoms with Gasteiger partial charge in [0, 0.05) is 0 Å². The van der Waals surface area contributed by atoms with Crippen LogP contribution in [0.15, 0.2) is 42.5 Å². The number of carboxylic acid groups (broad SMARTS) is 2. The van der Waals surface area contributed by atoms with E-state index in [1.807, 2.05) is 18.2 Å². The number of aliphatic hydroxyl groups excluding tert-OH is 1. The van der Waals surface area contributed by atoms with Crippen LogP contribution in [-0.2, 0) is 9.59 Å². The van der Waals surface area contributed by atoms with Crippen LogP contribution in [0.5, 0.6) is 5.75 Å². The normalized spacial score (nSPS) is 9.54. The predicted molar refractivity (Wildman–Crippen MR) is 67.0 cm³/mol. The summed E-state index contributed by atoms with van der Waals surface area (Å²) in [7, 11) is -3.67. The molecule has 1 rings (SSSR count). The minimum Gasteiger partial charge on any atom is -0.545 e. The standard InChI is InChI=1S/C8H10O2.C4H4O4.BF3.2Li/c1-7(9)10-8-5-3-2-4-6-8;5-3(6)1-2-4(7)8;2-1(3)4;;/h2-7,9H,1H3;1-2H,(H,5,6)(H,7,8);;;/q;;;2*+1/p-2/b;2-1-;;;. The molecule has 0 fully saturated rings. The Morgan fingerprint density at radius 3 is 1.67 bits per heavy atom. The summed E-state index contributed by atoms with van der Waals surface area (Å²) >= 11 is 0. The summed E-state index contributed by atoms with van der Waals surface area (Å²) in [6.07, 6.45) is 0.0346. The SMILES string of the molecule is CC(O)Oc1ccccc1.FB(F)F.O=C([O-])/C=C\C(=O)[O-].[Li+].[Li+]. The number of aliphatic carboxylic acids is 2. The fraction of sp³-hybridized carbons (Fsp3) is 0.167. The predicted octanol–water partition coefficient (Wildman–Crippen LogP) is -6.67. The third kappa shape index (κ3) is 32.6. The molecule has 0 aliphatic heterocycles. The Labute approximate surface area is 161 Å². The molecule has 0 spiro atoms. The molecule has 1 unspecified atom stereocenters. The molecule has 1 N–H and O–H groups in total. The fourth-order valence-electron chi connectivity index (χ4n) is 0.832. The van der Waals surface area contributed by atoms with Gasteiger partial charge in [-0.2, -0.15) is 0 Å². The molecule has 0 saturated carbocycles. The largest absolute Gasteiger partial charge is 1.00 e. The maximum absolute atomic E-state index is 9.67. The second-order valence-electron chi connectivity index (χ2n) is 3.25. The molecule has 0 radical (unpaired) electrons. The zero-order valence-corrected chi connectivity index (χ0v) is 13.3. The van der Waals surface area contributed by atoms with Crippen molar-refractivity contribution >= 4 is 19.5 Å². The van der Waals surface area contributed by atoms with Gasteiger partial charge in [-0.15, -0.1) is 0 Å². The molecule has 24 heavy (non-hydrogen) atoms. The monoisotopic (exact) mass is 334 g/mol. The first kappa shape index (κ1) is 30.6. The van der Waals surface area contributed by atoms with Gasteiger partial charge in [0.2, 0.25) is 0 Å². The summed E-state index contributed by atoms with van der Waals surface area (Å²) in [5.74, 6) is -2.40. The minimum absolute atomic E-state index is 0. The van der Waals surface area contributed by atoms with Gasteiger partial charge in [0.25, 0.3) is 0 Å². The van der Waals surface area contributed by atoms with Crippen LogP contribution in [0.4, 0.5) is 12.9 Å².